The van der Waals surface area contributed by atoms with E-state index in [4.69, 9.17) is 4.74 Å². The van der Waals surface area contributed by atoms with Crippen molar-refractivity contribution in [1.82, 2.24) is 0 Å². The van der Waals surface area contributed by atoms with Crippen LogP contribution >= 0.6 is 0 Å². The molecule has 198 valence electrons. The van der Waals surface area contributed by atoms with Gasteiger partial charge in [-0.2, -0.15) is 0 Å². The Kier molecular flexibility index (Phi) is 10.9. The fourth-order valence-electron chi connectivity index (χ4n) is 4.42. The van der Waals surface area contributed by atoms with Crippen molar-refractivity contribution in [2.45, 2.75) is 97.5 Å². The largest absolute Gasteiger partial charge is 0.396 e. The molecule has 2 rings (SSSR count). The van der Waals surface area contributed by atoms with Crippen molar-refractivity contribution in [3.8, 4) is 0 Å². The minimum Gasteiger partial charge on any atom is -0.396 e. The zero-order valence-electron chi connectivity index (χ0n) is 22.6. The Hall–Kier alpha value is -2.44. The number of unbranched alkanes of at least 4 members (excludes halogenated alkanes) is 2. The van der Waals surface area contributed by atoms with Crippen molar-refractivity contribution < 1.29 is 29.0 Å². The number of carbonyl (C=O) groups is 4. The molecule has 2 aliphatic carbocycles. The maximum atomic E-state index is 13.0. The summed E-state index contributed by atoms with van der Waals surface area (Å²) in [4.78, 5) is 50.4. The number of ketones is 4. The van der Waals surface area contributed by atoms with Gasteiger partial charge in [-0.05, 0) is 94.9 Å². The molecule has 0 heterocycles. The monoisotopic (exact) mass is 498 g/mol. The van der Waals surface area contributed by atoms with Crippen LogP contribution in [0.2, 0.25) is 0 Å². The van der Waals surface area contributed by atoms with Gasteiger partial charge in [-0.15, -0.1) is 0 Å². The van der Waals surface area contributed by atoms with Crippen LogP contribution in [0.4, 0.5) is 0 Å². The third-order valence-electron chi connectivity index (χ3n) is 7.10. The zero-order chi connectivity index (χ0) is 26.9. The highest BCUT2D eigenvalue weighted by molar-refractivity contribution is 6.21. The lowest BCUT2D eigenvalue weighted by molar-refractivity contribution is -0.116. The SMILES string of the molecule is COC(C)(C)CCCCC1=CC(=O)C=C(CCC2=CC(=O)C=C(CCCCC(C)(C)CO)C2=O)C1=O. The van der Waals surface area contributed by atoms with Crippen LogP contribution in [-0.2, 0) is 23.9 Å². The zero-order valence-corrected chi connectivity index (χ0v) is 22.6. The van der Waals surface area contributed by atoms with E-state index < -0.39 is 0 Å². The first kappa shape index (κ1) is 29.8. The molecule has 0 saturated heterocycles. The van der Waals surface area contributed by atoms with E-state index in [0.717, 1.165) is 38.5 Å². The lowest BCUT2D eigenvalue weighted by Crippen LogP contribution is -2.22. The lowest BCUT2D eigenvalue weighted by Gasteiger charge is -2.22. The first-order valence-corrected chi connectivity index (χ1v) is 13.0. The number of allylic oxidation sites excluding steroid dienone is 8. The van der Waals surface area contributed by atoms with Gasteiger partial charge >= 0.3 is 0 Å². The standard InChI is InChI=1S/C30H42O6/c1-29(2,20-31)14-8-6-10-21-16-25(32)18-23(27(21)34)12-13-24-19-26(33)17-22(28(24)35)11-7-9-15-30(3,4)36-5/h16-19,31H,6-15,20H2,1-5H3. The van der Waals surface area contributed by atoms with E-state index in [-0.39, 0.29) is 53.6 Å². The number of rotatable bonds is 15. The van der Waals surface area contributed by atoms with Gasteiger partial charge in [0, 0.05) is 36.0 Å². The normalized spacial score (nSPS) is 17.2. The molecule has 0 aromatic heterocycles. The van der Waals surface area contributed by atoms with Gasteiger partial charge in [0.15, 0.2) is 23.1 Å². The fraction of sp³-hybridized carbons (Fsp3) is 0.600. The first-order chi connectivity index (χ1) is 16.9. The summed E-state index contributed by atoms with van der Waals surface area (Å²) in [5.74, 6) is -0.709. The topological polar surface area (TPSA) is 97.7 Å². The molecule has 0 bridgehead atoms. The van der Waals surface area contributed by atoms with E-state index >= 15 is 0 Å². The van der Waals surface area contributed by atoms with Crippen LogP contribution in [-0.4, -0.2) is 47.6 Å². The Morgan fingerprint density at radius 3 is 1.42 bits per heavy atom. The van der Waals surface area contributed by atoms with Gasteiger partial charge in [-0.1, -0.05) is 26.7 Å². The summed E-state index contributed by atoms with van der Waals surface area (Å²) in [6.07, 6.45) is 12.1. The predicted octanol–water partition coefficient (Wildman–Crippen LogP) is 5.34. The van der Waals surface area contributed by atoms with Crippen LogP contribution in [0.3, 0.4) is 0 Å². The Balaban J connectivity index is 1.89. The summed E-state index contributed by atoms with van der Waals surface area (Å²) in [7, 11) is 1.68. The molecular formula is C30H42O6. The number of methoxy groups -OCH3 is 1. The number of Topliss-reactive ketones (excluding diaryl/α,β-unsaturated/α-hetero) is 2. The summed E-state index contributed by atoms with van der Waals surface area (Å²) in [5.41, 5.74) is 1.44. The molecule has 0 aliphatic heterocycles. The highest BCUT2D eigenvalue weighted by Crippen LogP contribution is 2.28. The highest BCUT2D eigenvalue weighted by Gasteiger charge is 2.26. The van der Waals surface area contributed by atoms with Gasteiger partial charge in [-0.25, -0.2) is 0 Å². The summed E-state index contributed by atoms with van der Waals surface area (Å²) >= 11 is 0. The Morgan fingerprint density at radius 1 is 0.639 bits per heavy atom. The molecule has 0 aromatic rings. The highest BCUT2D eigenvalue weighted by atomic mass is 16.5. The Bertz CT molecular complexity index is 907. The Morgan fingerprint density at radius 2 is 1.03 bits per heavy atom. The van der Waals surface area contributed by atoms with Crippen LogP contribution in [0.15, 0.2) is 46.6 Å². The molecule has 0 fully saturated rings. The average molecular weight is 499 g/mol. The van der Waals surface area contributed by atoms with Crippen LogP contribution in [0.5, 0.6) is 0 Å². The van der Waals surface area contributed by atoms with Crippen LogP contribution < -0.4 is 0 Å². The number of ether oxygens (including phenoxy) is 1. The molecule has 2 aliphatic rings. The third kappa shape index (κ3) is 9.21. The number of carbonyl (C=O) groups excluding carboxylic acids is 4. The van der Waals surface area contributed by atoms with Crippen molar-refractivity contribution in [1.29, 1.82) is 0 Å². The quantitative estimate of drug-likeness (QED) is 0.242. The summed E-state index contributed by atoms with van der Waals surface area (Å²) in [5, 5.41) is 9.39. The summed E-state index contributed by atoms with van der Waals surface area (Å²) in [6.45, 7) is 8.15. The molecule has 36 heavy (non-hydrogen) atoms. The number of aliphatic hydroxyl groups is 1. The molecule has 6 nitrogen and oxygen atoms in total. The third-order valence-corrected chi connectivity index (χ3v) is 7.10. The maximum absolute atomic E-state index is 13.0. The average Bonchev–Trinajstić information content (AvgIpc) is 2.82. The minimum atomic E-state index is -0.215. The second-order valence-electron chi connectivity index (χ2n) is 11.3. The van der Waals surface area contributed by atoms with Crippen molar-refractivity contribution in [3.05, 3.63) is 46.6 Å². The van der Waals surface area contributed by atoms with Gasteiger partial charge in [-0.3, -0.25) is 19.2 Å². The van der Waals surface area contributed by atoms with Crippen LogP contribution in [0.1, 0.15) is 91.9 Å². The fourth-order valence-corrected chi connectivity index (χ4v) is 4.42. The molecule has 6 heteroatoms. The molecule has 0 spiro atoms. The van der Waals surface area contributed by atoms with E-state index in [9.17, 15) is 24.3 Å². The van der Waals surface area contributed by atoms with Crippen molar-refractivity contribution in [2.75, 3.05) is 13.7 Å². The smallest absolute Gasteiger partial charge is 0.185 e. The van der Waals surface area contributed by atoms with Gasteiger partial charge in [0.25, 0.3) is 0 Å². The number of aliphatic hydroxyl groups excluding tert-OH is 1. The molecule has 0 saturated carbocycles. The number of hydrogen-bond acceptors (Lipinski definition) is 6. The van der Waals surface area contributed by atoms with E-state index in [0.29, 0.717) is 35.1 Å². The number of hydrogen-bond donors (Lipinski definition) is 1. The van der Waals surface area contributed by atoms with E-state index in [1.807, 2.05) is 27.7 Å². The molecule has 0 unspecified atom stereocenters. The van der Waals surface area contributed by atoms with Gasteiger partial charge in [0.2, 0.25) is 0 Å². The van der Waals surface area contributed by atoms with Crippen molar-refractivity contribution in [3.63, 3.8) is 0 Å². The van der Waals surface area contributed by atoms with Crippen LogP contribution in [0, 0.1) is 5.41 Å². The van der Waals surface area contributed by atoms with Gasteiger partial charge in [0.05, 0.1) is 5.60 Å². The second-order valence-corrected chi connectivity index (χ2v) is 11.3. The van der Waals surface area contributed by atoms with Crippen LogP contribution in [0.25, 0.3) is 0 Å². The predicted molar refractivity (Wildman–Crippen MR) is 140 cm³/mol. The van der Waals surface area contributed by atoms with E-state index in [1.165, 1.54) is 24.3 Å². The van der Waals surface area contributed by atoms with Crippen molar-refractivity contribution >= 4 is 23.1 Å². The first-order valence-electron chi connectivity index (χ1n) is 13.0. The molecule has 0 amide bonds. The Labute approximate surface area is 215 Å². The van der Waals surface area contributed by atoms with Gasteiger partial charge in [0.1, 0.15) is 0 Å². The minimum absolute atomic E-state index is 0.111. The van der Waals surface area contributed by atoms with Crippen molar-refractivity contribution in [2.24, 2.45) is 5.41 Å². The van der Waals surface area contributed by atoms with E-state index in [2.05, 4.69) is 0 Å². The lowest BCUT2D eigenvalue weighted by atomic mass is 9.84. The molecular weight excluding hydrogens is 456 g/mol. The summed E-state index contributed by atoms with van der Waals surface area (Å²) < 4.78 is 5.43. The second kappa shape index (κ2) is 13.2. The summed E-state index contributed by atoms with van der Waals surface area (Å²) in [6, 6.07) is 0. The molecule has 0 radical (unpaired) electrons. The molecule has 1 N–H and O–H groups in total. The van der Waals surface area contributed by atoms with Gasteiger partial charge < -0.3 is 9.84 Å². The maximum Gasteiger partial charge on any atom is 0.185 e. The molecule has 0 atom stereocenters. The molecule has 0 aromatic carbocycles. The van der Waals surface area contributed by atoms with E-state index in [1.54, 1.807) is 7.11 Å².